The number of aliphatic hydroxyl groups is 1. The molecule has 0 aliphatic heterocycles. The van der Waals surface area contributed by atoms with E-state index in [2.05, 4.69) is 15.6 Å². The topological polar surface area (TPSA) is 630 Å². The number of non-ortho nitro benzene ring substituents is 1. The van der Waals surface area contributed by atoms with Gasteiger partial charge in [0.1, 0.15) is 6.04 Å². The van der Waals surface area contributed by atoms with Crippen molar-refractivity contribution in [2.45, 2.75) is 43.1 Å². The smallest absolute Gasteiger partial charge is 0.318 e. The Bertz CT molecular complexity index is 2350. The van der Waals surface area contributed by atoms with E-state index < -0.39 is 141 Å². The Morgan fingerprint density at radius 1 is 0.597 bits per heavy atom. The van der Waals surface area contributed by atoms with Crippen LogP contribution in [0, 0.1) is 41.9 Å². The Hall–Kier alpha value is -10.0. The third kappa shape index (κ3) is 16.7. The standard InChI is InChI=1S/C31H43N23O13/c32-15(16(33)56)44-22(58)17(49-28(34)35)46-24(60)19(51-30(38)39)48-25(61)20(52-31(40)41)47-23(59)18(50-29(36)37)45-21(57)13(9-4-2-1-3-5-9)43-27(63)26(62)42-8-10-6-11(53(64)65)7-12(14(10)55)54(66)67/h1-8,13,15,17-20,26,55,62H,32H2,(H2,33,56)(H,43,63)(H,44,58)(H,45,57)(H,46,60)(H,47,59)(H,48,61)(H4,34,35,49)(H4,36,37,50)(H4,38,39,51)(H4,40,41,52)/b42-8+. The molecule has 7 amide bonds. The van der Waals surface area contributed by atoms with Crippen molar-refractivity contribution in [2.24, 2.45) is 39.4 Å². The van der Waals surface area contributed by atoms with Gasteiger partial charge < -0.3 is 97.8 Å². The van der Waals surface area contributed by atoms with E-state index in [1.807, 2.05) is 42.5 Å². The van der Waals surface area contributed by atoms with Crippen LogP contribution in [0.4, 0.5) is 11.4 Å². The number of guanidine groups is 4. The summed E-state index contributed by atoms with van der Waals surface area (Å²) in [6.45, 7) is 0. The lowest BCUT2D eigenvalue weighted by molar-refractivity contribution is -0.394. The number of phenolic OH excluding ortho intramolecular Hbond substituents is 1. The number of phenols is 1. The van der Waals surface area contributed by atoms with Crippen LogP contribution in [0.1, 0.15) is 17.2 Å². The number of hydrogen-bond donors (Lipinski definition) is 22. The summed E-state index contributed by atoms with van der Waals surface area (Å²) in [5.41, 5.74) is 29.1. The Morgan fingerprint density at radius 3 is 1.37 bits per heavy atom. The van der Waals surface area contributed by atoms with Gasteiger partial charge in [-0.05, 0) is 5.56 Å². The van der Waals surface area contributed by atoms with Crippen molar-refractivity contribution in [3.8, 4) is 5.75 Å². The van der Waals surface area contributed by atoms with Gasteiger partial charge in [-0.15, -0.1) is 0 Å². The number of rotatable bonds is 22. The zero-order valence-corrected chi connectivity index (χ0v) is 33.9. The lowest BCUT2D eigenvalue weighted by Gasteiger charge is -2.28. The summed E-state index contributed by atoms with van der Waals surface area (Å²) in [5.74, 6) is -14.7. The first-order chi connectivity index (χ1) is 31.2. The Morgan fingerprint density at radius 2 is 1.00 bits per heavy atom. The fourth-order valence-corrected chi connectivity index (χ4v) is 4.85. The van der Waals surface area contributed by atoms with Crippen LogP contribution in [0.15, 0.2) is 47.5 Å². The Balaban J connectivity index is 2.42. The summed E-state index contributed by atoms with van der Waals surface area (Å²) in [7, 11) is 0. The minimum atomic E-state index is -2.47. The van der Waals surface area contributed by atoms with Crippen molar-refractivity contribution in [1.29, 1.82) is 21.6 Å². The molecule has 2 aromatic carbocycles. The molecule has 7 unspecified atom stereocenters. The molecule has 360 valence electrons. The number of nitrogens with two attached hydrogens (primary N) is 6. The molecule has 2 aromatic rings. The van der Waals surface area contributed by atoms with E-state index in [1.165, 1.54) is 30.3 Å². The van der Waals surface area contributed by atoms with Crippen molar-refractivity contribution < 1.29 is 53.6 Å². The second-order valence-corrected chi connectivity index (χ2v) is 12.8. The molecule has 0 fully saturated rings. The number of carbonyl (C=O) groups excluding carboxylic acids is 7. The van der Waals surface area contributed by atoms with Crippen LogP contribution in [0.3, 0.4) is 0 Å². The summed E-state index contributed by atoms with van der Waals surface area (Å²) in [5, 5.41) is 93.7. The predicted octanol–water partition coefficient (Wildman–Crippen LogP) is -9.61. The Labute approximate surface area is 373 Å². The second-order valence-electron chi connectivity index (χ2n) is 12.8. The number of nitro benzene ring substituents is 2. The molecule has 0 heterocycles. The fraction of sp³-hybridized carbons (Fsp3) is 0.226. The number of benzene rings is 2. The first-order valence-electron chi connectivity index (χ1n) is 17.9. The van der Waals surface area contributed by atoms with Crippen LogP contribution in [0.5, 0.6) is 5.75 Å². The molecule has 0 aliphatic carbocycles. The summed E-state index contributed by atoms with van der Waals surface area (Å²) in [6, 6.07) is 6.07. The van der Waals surface area contributed by atoms with E-state index in [4.69, 9.17) is 56.0 Å². The molecule has 2 rings (SSSR count). The van der Waals surface area contributed by atoms with E-state index >= 15 is 0 Å². The number of aliphatic imine (C=N–C) groups is 1. The molecule has 36 heteroatoms. The molecule has 36 nitrogen and oxygen atoms in total. The van der Waals surface area contributed by atoms with Crippen LogP contribution in [-0.4, -0.2) is 129 Å². The highest BCUT2D eigenvalue weighted by atomic mass is 16.6. The average Bonchev–Trinajstić information content (AvgIpc) is 3.23. The lowest BCUT2D eigenvalue weighted by atomic mass is 10.1. The number of amides is 7. The zero-order valence-electron chi connectivity index (χ0n) is 33.9. The third-order valence-corrected chi connectivity index (χ3v) is 7.78. The monoisotopic (exact) mass is 945 g/mol. The number of hydrogen-bond acceptors (Lipinski definition) is 19. The van der Waals surface area contributed by atoms with E-state index in [9.17, 15) is 64.0 Å². The number of nitrogens with one attached hydrogen (secondary N) is 14. The van der Waals surface area contributed by atoms with Gasteiger partial charge in [0, 0.05) is 17.8 Å². The maximum Gasteiger partial charge on any atom is 0.318 e. The molecule has 0 bridgehead atoms. The third-order valence-electron chi connectivity index (χ3n) is 7.78. The van der Waals surface area contributed by atoms with Crippen LogP contribution < -0.4 is 87.6 Å². The van der Waals surface area contributed by atoms with Gasteiger partial charge in [0.05, 0.1) is 15.9 Å². The summed E-state index contributed by atoms with van der Waals surface area (Å²) >= 11 is 0. The molecular formula is C31H43N23O13. The van der Waals surface area contributed by atoms with Crippen molar-refractivity contribution in [2.75, 3.05) is 0 Å². The summed E-state index contributed by atoms with van der Waals surface area (Å²) in [6.07, 6.45) is -12.3. The lowest BCUT2D eigenvalue weighted by Crippen LogP contribution is -2.69. The fourth-order valence-electron chi connectivity index (χ4n) is 4.85. The molecule has 67 heavy (non-hydrogen) atoms. The number of aliphatic hydroxyl groups excluding tert-OH is 1. The van der Waals surface area contributed by atoms with Crippen molar-refractivity contribution in [3.05, 3.63) is 73.8 Å². The van der Waals surface area contributed by atoms with Crippen molar-refractivity contribution in [3.63, 3.8) is 0 Å². The largest absolute Gasteiger partial charge is 0.502 e. The molecule has 28 N–H and O–H groups in total. The Kier molecular flexibility index (Phi) is 19.0. The van der Waals surface area contributed by atoms with Gasteiger partial charge in [0.2, 0.25) is 17.9 Å². The van der Waals surface area contributed by atoms with Crippen molar-refractivity contribution in [1.82, 2.24) is 53.2 Å². The maximum atomic E-state index is 13.8. The van der Waals surface area contributed by atoms with Gasteiger partial charge in [0.25, 0.3) is 41.1 Å². The molecule has 0 aromatic heterocycles. The van der Waals surface area contributed by atoms with Crippen LogP contribution in [0.2, 0.25) is 0 Å². The van der Waals surface area contributed by atoms with E-state index in [0.29, 0.717) is 18.3 Å². The molecule has 0 spiro atoms. The normalized spacial score (nSPS) is 13.7. The van der Waals surface area contributed by atoms with Crippen LogP contribution >= 0.6 is 0 Å². The van der Waals surface area contributed by atoms with Gasteiger partial charge in [-0.2, -0.15) is 0 Å². The van der Waals surface area contributed by atoms with E-state index in [0.717, 1.165) is 0 Å². The average molecular weight is 946 g/mol. The highest BCUT2D eigenvalue weighted by molar-refractivity contribution is 6.00. The molecular weight excluding hydrogens is 902 g/mol. The van der Waals surface area contributed by atoms with Gasteiger partial charge in [0.15, 0.2) is 54.7 Å². The zero-order chi connectivity index (χ0) is 50.9. The van der Waals surface area contributed by atoms with Gasteiger partial charge >= 0.3 is 5.69 Å². The minimum Gasteiger partial charge on any atom is -0.502 e. The molecule has 7 atom stereocenters. The van der Waals surface area contributed by atoms with Crippen LogP contribution in [0.25, 0.3) is 0 Å². The van der Waals surface area contributed by atoms with E-state index in [-0.39, 0.29) is 5.56 Å². The first-order valence-corrected chi connectivity index (χ1v) is 17.9. The molecule has 0 saturated heterocycles. The number of primary amides is 1. The van der Waals surface area contributed by atoms with Crippen LogP contribution in [-0.2, 0) is 33.6 Å². The number of aromatic hydroxyl groups is 1. The first kappa shape index (κ1) is 53.1. The summed E-state index contributed by atoms with van der Waals surface area (Å²) in [4.78, 5) is 115. The molecule has 0 radical (unpaired) electrons. The van der Waals surface area contributed by atoms with E-state index in [1.54, 1.807) is 0 Å². The molecule has 0 aliphatic rings. The second kappa shape index (κ2) is 24.0. The molecule has 0 saturated carbocycles. The van der Waals surface area contributed by atoms with Gasteiger partial charge in [-0.1, -0.05) is 30.3 Å². The van der Waals surface area contributed by atoms with Gasteiger partial charge in [-0.3, -0.25) is 80.4 Å². The van der Waals surface area contributed by atoms with Crippen molar-refractivity contribution >= 4 is 82.8 Å². The number of nitrogens with zero attached hydrogens (tertiary/aromatic N) is 3. The maximum absolute atomic E-state index is 13.8. The number of carbonyl (C=O) groups is 7. The highest BCUT2D eigenvalue weighted by Crippen LogP contribution is 2.33. The minimum absolute atomic E-state index is 0.0369. The predicted molar refractivity (Wildman–Crippen MR) is 226 cm³/mol. The number of nitro groups is 2. The quantitative estimate of drug-likeness (QED) is 0.0171. The summed E-state index contributed by atoms with van der Waals surface area (Å²) < 4.78 is 0. The SMILES string of the molecule is N=C(N)NC(NC(=O)C(NC(=N)N)NC(=O)C(NC(=N)N)NC(=O)C(NC(=N)N)NC(=O)C(NC(=O)C(O)/N=C/c1cc([N+](=O)[O-])cc([N+](=O)[O-])c1O)c1ccccc1)C(=O)NC(N)C(N)=O. The highest BCUT2D eigenvalue weighted by Gasteiger charge is 2.35. The van der Waals surface area contributed by atoms with Gasteiger partial charge in [-0.25, -0.2) is 0 Å².